The fourth-order valence-corrected chi connectivity index (χ4v) is 0.770. The van der Waals surface area contributed by atoms with Crippen molar-refractivity contribution in [3.05, 3.63) is 35.9 Å². The smallest absolute Gasteiger partial charge is 0.307 e. The molecule has 0 aromatic heterocycles. The molecule has 0 aliphatic heterocycles. The van der Waals surface area contributed by atoms with E-state index < -0.39 is 5.97 Å². The first-order valence-electron chi connectivity index (χ1n) is 4.27. The standard InChI is InChI=1S/C8H8O2.C2H7NO/c9-8(10)6-7-4-2-1-3-5-7;3-1-2-4/h1-5H,6H2,(H,9,10);4H,1-3H2. The molecule has 0 unspecified atom stereocenters. The van der Waals surface area contributed by atoms with Crippen LogP contribution < -0.4 is 5.73 Å². The molecule has 0 amide bonds. The maximum Gasteiger partial charge on any atom is 0.307 e. The van der Waals surface area contributed by atoms with Crippen LogP contribution >= 0.6 is 0 Å². The first-order valence-corrected chi connectivity index (χ1v) is 4.27. The molecule has 0 spiro atoms. The summed E-state index contributed by atoms with van der Waals surface area (Å²) in [6.07, 6.45) is 0.112. The number of carboxylic acid groups (broad SMARTS) is 1. The highest BCUT2D eigenvalue weighted by Gasteiger charge is 1.96. The molecule has 0 fully saturated rings. The number of nitrogens with two attached hydrogens (primary N) is 1. The van der Waals surface area contributed by atoms with Crippen molar-refractivity contribution >= 4 is 5.97 Å². The van der Waals surface area contributed by atoms with Crippen LogP contribution in [0, 0.1) is 0 Å². The van der Waals surface area contributed by atoms with E-state index in [-0.39, 0.29) is 13.0 Å². The summed E-state index contributed by atoms with van der Waals surface area (Å²) in [4.78, 5) is 10.2. The van der Waals surface area contributed by atoms with Gasteiger partial charge >= 0.3 is 5.97 Å². The van der Waals surface area contributed by atoms with Gasteiger partial charge in [-0.3, -0.25) is 4.79 Å². The van der Waals surface area contributed by atoms with Crippen molar-refractivity contribution in [1.29, 1.82) is 0 Å². The summed E-state index contributed by atoms with van der Waals surface area (Å²) in [5.74, 6) is -0.786. The van der Waals surface area contributed by atoms with Crippen LogP contribution in [-0.4, -0.2) is 29.3 Å². The van der Waals surface area contributed by atoms with Crippen LogP contribution in [-0.2, 0) is 11.2 Å². The predicted molar refractivity (Wildman–Crippen MR) is 53.9 cm³/mol. The molecule has 4 N–H and O–H groups in total. The molecule has 78 valence electrons. The highest BCUT2D eigenvalue weighted by molar-refractivity contribution is 5.70. The van der Waals surface area contributed by atoms with Gasteiger partial charge in [-0.1, -0.05) is 30.3 Å². The lowest BCUT2D eigenvalue weighted by Gasteiger charge is -1.92. The van der Waals surface area contributed by atoms with E-state index in [1.54, 1.807) is 12.1 Å². The lowest BCUT2D eigenvalue weighted by atomic mass is 10.2. The highest BCUT2D eigenvalue weighted by atomic mass is 16.4. The van der Waals surface area contributed by atoms with Gasteiger partial charge in [0.15, 0.2) is 0 Å². The van der Waals surface area contributed by atoms with Crippen molar-refractivity contribution in [2.45, 2.75) is 6.42 Å². The minimum atomic E-state index is -0.786. The lowest BCUT2D eigenvalue weighted by Crippen LogP contribution is -2.02. The maximum atomic E-state index is 10.2. The van der Waals surface area contributed by atoms with Crippen LogP contribution in [0.4, 0.5) is 0 Å². The molecule has 0 atom stereocenters. The number of benzene rings is 1. The van der Waals surface area contributed by atoms with E-state index in [0.29, 0.717) is 6.54 Å². The zero-order valence-corrected chi connectivity index (χ0v) is 7.89. The third kappa shape index (κ3) is 7.27. The second-order valence-corrected chi connectivity index (χ2v) is 2.57. The van der Waals surface area contributed by atoms with E-state index in [4.69, 9.17) is 15.9 Å². The zero-order valence-electron chi connectivity index (χ0n) is 7.89. The van der Waals surface area contributed by atoms with Gasteiger partial charge in [0.25, 0.3) is 0 Å². The fourth-order valence-electron chi connectivity index (χ4n) is 0.770. The van der Waals surface area contributed by atoms with Gasteiger partial charge in [-0.25, -0.2) is 0 Å². The van der Waals surface area contributed by atoms with Crippen molar-refractivity contribution < 1.29 is 15.0 Å². The molecule has 1 aromatic rings. The lowest BCUT2D eigenvalue weighted by molar-refractivity contribution is -0.136. The molecule has 1 rings (SSSR count). The van der Waals surface area contributed by atoms with Crippen molar-refractivity contribution in [2.75, 3.05) is 13.2 Å². The average Bonchev–Trinajstić information content (AvgIpc) is 2.19. The van der Waals surface area contributed by atoms with Crippen LogP contribution in [0.5, 0.6) is 0 Å². The van der Waals surface area contributed by atoms with Gasteiger partial charge in [0.05, 0.1) is 13.0 Å². The maximum absolute atomic E-state index is 10.2. The molecule has 0 bridgehead atoms. The minimum absolute atomic E-state index is 0.0972. The Bertz CT molecular complexity index is 247. The van der Waals surface area contributed by atoms with Crippen molar-refractivity contribution in [1.82, 2.24) is 0 Å². The number of hydrogen-bond donors (Lipinski definition) is 3. The topological polar surface area (TPSA) is 83.5 Å². The van der Waals surface area contributed by atoms with E-state index in [0.717, 1.165) is 5.56 Å². The fraction of sp³-hybridized carbons (Fsp3) is 0.300. The first kappa shape index (κ1) is 12.6. The molecule has 4 heteroatoms. The average molecular weight is 197 g/mol. The summed E-state index contributed by atoms with van der Waals surface area (Å²) in [7, 11) is 0. The van der Waals surface area contributed by atoms with E-state index in [1.165, 1.54) is 0 Å². The van der Waals surface area contributed by atoms with Gasteiger partial charge in [-0.2, -0.15) is 0 Å². The third-order valence-corrected chi connectivity index (χ3v) is 1.33. The van der Waals surface area contributed by atoms with E-state index in [1.807, 2.05) is 18.2 Å². The van der Waals surface area contributed by atoms with Crippen LogP contribution in [0.1, 0.15) is 5.56 Å². The Morgan fingerprint density at radius 3 is 2.14 bits per heavy atom. The predicted octanol–water partition coefficient (Wildman–Crippen LogP) is 0.251. The monoisotopic (exact) mass is 197 g/mol. The number of hydrogen-bond acceptors (Lipinski definition) is 3. The second-order valence-electron chi connectivity index (χ2n) is 2.57. The molecule has 0 saturated heterocycles. The molecule has 0 saturated carbocycles. The number of rotatable bonds is 3. The van der Waals surface area contributed by atoms with Gasteiger partial charge in [-0.05, 0) is 5.56 Å². The second kappa shape index (κ2) is 8.22. The number of aliphatic hydroxyl groups is 1. The molecule has 0 radical (unpaired) electrons. The number of aliphatic carboxylic acids is 1. The van der Waals surface area contributed by atoms with Crippen molar-refractivity contribution in [2.24, 2.45) is 5.73 Å². The van der Waals surface area contributed by atoms with Gasteiger partial charge < -0.3 is 15.9 Å². The zero-order chi connectivity index (χ0) is 10.8. The molecule has 0 aliphatic carbocycles. The Morgan fingerprint density at radius 1 is 1.29 bits per heavy atom. The van der Waals surface area contributed by atoms with Gasteiger partial charge in [0.1, 0.15) is 0 Å². The third-order valence-electron chi connectivity index (χ3n) is 1.33. The highest BCUT2D eigenvalue weighted by Crippen LogP contribution is 1.98. The number of aliphatic hydroxyl groups excluding tert-OH is 1. The summed E-state index contributed by atoms with van der Waals surface area (Å²) in [5.41, 5.74) is 5.62. The minimum Gasteiger partial charge on any atom is -0.481 e. The molecule has 0 heterocycles. The van der Waals surface area contributed by atoms with Crippen molar-refractivity contribution in [3.63, 3.8) is 0 Å². The molecular weight excluding hydrogens is 182 g/mol. The molecule has 14 heavy (non-hydrogen) atoms. The van der Waals surface area contributed by atoms with Crippen LogP contribution in [0.25, 0.3) is 0 Å². The first-order chi connectivity index (χ1) is 6.70. The summed E-state index contributed by atoms with van der Waals surface area (Å²) in [5, 5.41) is 16.1. The van der Waals surface area contributed by atoms with Crippen LogP contribution in [0.15, 0.2) is 30.3 Å². The number of carbonyl (C=O) groups is 1. The molecular formula is C10H15NO3. The van der Waals surface area contributed by atoms with E-state index in [9.17, 15) is 4.79 Å². The van der Waals surface area contributed by atoms with E-state index in [2.05, 4.69) is 0 Å². The van der Waals surface area contributed by atoms with Crippen LogP contribution in [0.2, 0.25) is 0 Å². The summed E-state index contributed by atoms with van der Waals surface area (Å²) in [6, 6.07) is 9.13. The van der Waals surface area contributed by atoms with Crippen molar-refractivity contribution in [3.8, 4) is 0 Å². The molecule has 4 nitrogen and oxygen atoms in total. The SMILES string of the molecule is NCCO.O=C(O)Cc1ccccc1. The largest absolute Gasteiger partial charge is 0.481 e. The van der Waals surface area contributed by atoms with Gasteiger partial charge in [0, 0.05) is 6.54 Å². The Balaban J connectivity index is 0.000000364. The summed E-state index contributed by atoms with van der Waals surface area (Å²) < 4.78 is 0. The summed E-state index contributed by atoms with van der Waals surface area (Å²) >= 11 is 0. The Morgan fingerprint density at radius 2 is 1.79 bits per heavy atom. The normalized spacial score (nSPS) is 8.71. The van der Waals surface area contributed by atoms with Gasteiger partial charge in [0.2, 0.25) is 0 Å². The Labute approximate surface area is 83.0 Å². The van der Waals surface area contributed by atoms with E-state index >= 15 is 0 Å². The molecule has 0 aliphatic rings. The van der Waals surface area contributed by atoms with Gasteiger partial charge in [-0.15, -0.1) is 0 Å². The quantitative estimate of drug-likeness (QED) is 0.648. The summed E-state index contributed by atoms with van der Waals surface area (Å²) in [6.45, 7) is 0.472. The van der Waals surface area contributed by atoms with Crippen LogP contribution in [0.3, 0.4) is 0 Å². The Kier molecular flexibility index (Phi) is 7.40. The Hall–Kier alpha value is -1.39. The molecule has 1 aromatic carbocycles. The number of carboxylic acids is 1.